The second-order valence-corrected chi connectivity index (χ2v) is 11.1. The molecule has 1 saturated heterocycles. The molecule has 0 saturated carbocycles. The average molecular weight is 456 g/mol. The van der Waals surface area contributed by atoms with Gasteiger partial charge in [-0.2, -0.15) is 4.31 Å². The number of carbonyl (C=O) groups is 1. The van der Waals surface area contributed by atoms with Gasteiger partial charge < -0.3 is 10.2 Å². The summed E-state index contributed by atoms with van der Waals surface area (Å²) in [4.78, 5) is 14.9. The second kappa shape index (κ2) is 9.73. The Morgan fingerprint density at radius 2 is 1.62 bits per heavy atom. The number of fused-ring (bicyclic) bond motifs is 1. The molecule has 32 heavy (non-hydrogen) atoms. The molecule has 6 nitrogen and oxygen atoms in total. The first-order valence-corrected chi connectivity index (χ1v) is 13.1. The summed E-state index contributed by atoms with van der Waals surface area (Å²) in [6.45, 7) is 4.56. The first-order valence-electron chi connectivity index (χ1n) is 11.5. The molecule has 4 rings (SSSR count). The molecule has 0 bridgehead atoms. The smallest absolute Gasteiger partial charge is 0.251 e. The van der Waals surface area contributed by atoms with Crippen LogP contribution < -0.4 is 5.32 Å². The van der Waals surface area contributed by atoms with Crippen molar-refractivity contribution in [2.24, 2.45) is 0 Å². The number of nitrogens with one attached hydrogen (secondary N) is 1. The van der Waals surface area contributed by atoms with Gasteiger partial charge in [-0.3, -0.25) is 4.79 Å². The third-order valence-electron chi connectivity index (χ3n) is 6.64. The van der Waals surface area contributed by atoms with E-state index in [0.717, 1.165) is 31.5 Å². The summed E-state index contributed by atoms with van der Waals surface area (Å²) in [7, 11) is -1.35. The molecule has 7 heteroatoms. The number of carbonyl (C=O) groups excluding carboxylic acids is 1. The molecule has 1 aliphatic heterocycles. The summed E-state index contributed by atoms with van der Waals surface area (Å²) in [6.07, 6.45) is 4.74. The van der Waals surface area contributed by atoms with E-state index in [9.17, 15) is 13.2 Å². The number of benzene rings is 2. The maximum Gasteiger partial charge on any atom is 0.251 e. The van der Waals surface area contributed by atoms with E-state index >= 15 is 0 Å². The molecule has 1 atom stereocenters. The zero-order valence-corrected chi connectivity index (χ0v) is 19.8. The van der Waals surface area contributed by atoms with Crippen molar-refractivity contribution in [3.63, 3.8) is 0 Å². The van der Waals surface area contributed by atoms with Crippen LogP contribution in [-0.2, 0) is 28.6 Å². The van der Waals surface area contributed by atoms with Gasteiger partial charge in [0.25, 0.3) is 5.91 Å². The maximum absolute atomic E-state index is 12.7. The lowest BCUT2D eigenvalue weighted by atomic mass is 9.89. The number of rotatable bonds is 6. The Hall–Kier alpha value is -2.22. The van der Waals surface area contributed by atoms with Crippen molar-refractivity contribution in [1.29, 1.82) is 0 Å². The second-order valence-electron chi connectivity index (χ2n) is 9.09. The van der Waals surface area contributed by atoms with Crippen molar-refractivity contribution < 1.29 is 13.2 Å². The molecular weight excluding hydrogens is 422 g/mol. The minimum absolute atomic E-state index is 0.0376. The van der Waals surface area contributed by atoms with Crippen LogP contribution in [0.2, 0.25) is 0 Å². The van der Waals surface area contributed by atoms with Crippen molar-refractivity contribution in [1.82, 2.24) is 14.5 Å². The number of likely N-dealkylation sites (N-methyl/N-ethyl adjacent to an activating group) is 1. The molecule has 2 aromatic carbocycles. The van der Waals surface area contributed by atoms with E-state index in [0.29, 0.717) is 24.2 Å². The maximum atomic E-state index is 12.7. The van der Waals surface area contributed by atoms with E-state index in [1.807, 2.05) is 14.0 Å². The van der Waals surface area contributed by atoms with E-state index in [-0.39, 0.29) is 17.7 Å². The molecule has 172 valence electrons. The Labute approximate surface area is 191 Å². The van der Waals surface area contributed by atoms with E-state index in [2.05, 4.69) is 28.4 Å². The van der Waals surface area contributed by atoms with Gasteiger partial charge in [0.05, 0.1) is 11.8 Å². The van der Waals surface area contributed by atoms with Crippen LogP contribution in [0.25, 0.3) is 0 Å². The largest absolute Gasteiger partial charge is 0.346 e. The fraction of sp³-hybridized carbons (Fsp3) is 0.480. The van der Waals surface area contributed by atoms with Gasteiger partial charge in [0, 0.05) is 31.7 Å². The van der Waals surface area contributed by atoms with Gasteiger partial charge in [-0.15, -0.1) is 0 Å². The monoisotopic (exact) mass is 455 g/mol. The van der Waals surface area contributed by atoms with Gasteiger partial charge in [-0.1, -0.05) is 30.3 Å². The number of hydrogen-bond donors (Lipinski definition) is 1. The van der Waals surface area contributed by atoms with Crippen LogP contribution in [0.15, 0.2) is 42.5 Å². The predicted octanol–water partition coefficient (Wildman–Crippen LogP) is 3.13. The number of hydrogen-bond acceptors (Lipinski definition) is 4. The Balaban J connectivity index is 1.36. The van der Waals surface area contributed by atoms with Gasteiger partial charge in [-0.25, -0.2) is 8.42 Å². The topological polar surface area (TPSA) is 69.7 Å². The number of piperazine rings is 1. The van der Waals surface area contributed by atoms with Crippen molar-refractivity contribution in [2.45, 2.75) is 44.4 Å². The van der Waals surface area contributed by atoms with Crippen LogP contribution in [0.4, 0.5) is 0 Å². The Bertz CT molecular complexity index is 1060. The average Bonchev–Trinajstić information content (AvgIpc) is 2.79. The van der Waals surface area contributed by atoms with Crippen molar-refractivity contribution >= 4 is 15.9 Å². The first kappa shape index (κ1) is 23.0. The number of sulfonamides is 1. The van der Waals surface area contributed by atoms with Gasteiger partial charge in [0.15, 0.2) is 0 Å². The SMILES string of the molecule is C[C@@H](NC(=O)c1ccc(CS(=O)(=O)N2CCN(C)CC2)cc1)c1ccc2c(c1)CCCC2. The summed E-state index contributed by atoms with van der Waals surface area (Å²) in [5.41, 5.74) is 5.19. The molecule has 1 N–H and O–H groups in total. The van der Waals surface area contributed by atoms with Gasteiger partial charge >= 0.3 is 0 Å². The highest BCUT2D eigenvalue weighted by molar-refractivity contribution is 7.88. The van der Waals surface area contributed by atoms with Crippen LogP contribution in [0.5, 0.6) is 0 Å². The van der Waals surface area contributed by atoms with Crippen LogP contribution in [0.3, 0.4) is 0 Å². The van der Waals surface area contributed by atoms with Crippen molar-refractivity contribution in [3.8, 4) is 0 Å². The summed E-state index contributed by atoms with van der Waals surface area (Å²) in [5.74, 6) is -0.187. The summed E-state index contributed by atoms with van der Waals surface area (Å²) >= 11 is 0. The molecule has 1 heterocycles. The lowest BCUT2D eigenvalue weighted by molar-refractivity contribution is 0.0940. The highest BCUT2D eigenvalue weighted by atomic mass is 32.2. The van der Waals surface area contributed by atoms with Crippen LogP contribution >= 0.6 is 0 Å². The molecule has 2 aliphatic rings. The molecule has 1 aliphatic carbocycles. The normalized spacial score (nSPS) is 18.7. The lowest BCUT2D eigenvalue weighted by Gasteiger charge is -2.31. The van der Waals surface area contributed by atoms with Crippen LogP contribution in [0, 0.1) is 0 Å². The van der Waals surface area contributed by atoms with E-state index in [1.54, 1.807) is 28.6 Å². The minimum Gasteiger partial charge on any atom is -0.346 e. The van der Waals surface area contributed by atoms with Gasteiger partial charge in [-0.05, 0) is 74.0 Å². The van der Waals surface area contributed by atoms with Crippen LogP contribution in [-0.4, -0.2) is 56.8 Å². The fourth-order valence-corrected chi connectivity index (χ4v) is 6.02. The molecule has 0 spiro atoms. The minimum atomic E-state index is -3.35. The predicted molar refractivity (Wildman–Crippen MR) is 127 cm³/mol. The number of aryl methyl sites for hydroxylation is 2. The Kier molecular flexibility index (Phi) is 6.98. The summed E-state index contributed by atoms with van der Waals surface area (Å²) < 4.78 is 27.0. The number of amides is 1. The standard InChI is InChI=1S/C25H33N3O3S/c1-19(23-12-11-21-5-3-4-6-24(21)17-23)26-25(29)22-9-7-20(8-10-22)18-32(30,31)28-15-13-27(2)14-16-28/h7-12,17,19H,3-6,13-16,18H2,1-2H3,(H,26,29)/t19-/m1/s1. The van der Waals surface area contributed by atoms with E-state index in [1.165, 1.54) is 24.0 Å². The molecule has 0 aromatic heterocycles. The van der Waals surface area contributed by atoms with Gasteiger partial charge in [0.2, 0.25) is 10.0 Å². The third kappa shape index (κ3) is 5.39. The fourth-order valence-electron chi connectivity index (χ4n) is 4.51. The van der Waals surface area contributed by atoms with Crippen LogP contribution in [0.1, 0.15) is 58.4 Å². The van der Waals surface area contributed by atoms with E-state index < -0.39 is 10.0 Å². The molecular formula is C25H33N3O3S. The van der Waals surface area contributed by atoms with E-state index in [4.69, 9.17) is 0 Å². The zero-order valence-electron chi connectivity index (χ0n) is 19.0. The van der Waals surface area contributed by atoms with Crippen molar-refractivity contribution in [3.05, 3.63) is 70.3 Å². The lowest BCUT2D eigenvalue weighted by Crippen LogP contribution is -2.47. The highest BCUT2D eigenvalue weighted by Gasteiger charge is 2.26. The summed E-state index contributed by atoms with van der Waals surface area (Å²) in [5, 5.41) is 3.07. The quantitative estimate of drug-likeness (QED) is 0.727. The Morgan fingerprint density at radius 3 is 2.31 bits per heavy atom. The summed E-state index contributed by atoms with van der Waals surface area (Å²) in [6, 6.07) is 13.4. The first-order chi connectivity index (χ1) is 15.3. The molecule has 2 aromatic rings. The molecule has 1 amide bonds. The van der Waals surface area contributed by atoms with Crippen molar-refractivity contribution in [2.75, 3.05) is 33.2 Å². The molecule has 1 fully saturated rings. The Morgan fingerprint density at radius 1 is 0.969 bits per heavy atom. The number of nitrogens with zero attached hydrogens (tertiary/aromatic N) is 2. The zero-order chi connectivity index (χ0) is 22.7. The third-order valence-corrected chi connectivity index (χ3v) is 8.49. The highest BCUT2D eigenvalue weighted by Crippen LogP contribution is 2.25. The van der Waals surface area contributed by atoms with Gasteiger partial charge in [0.1, 0.15) is 0 Å². The molecule has 0 radical (unpaired) electrons. The molecule has 0 unspecified atom stereocenters.